The summed E-state index contributed by atoms with van der Waals surface area (Å²) >= 11 is 0. The van der Waals surface area contributed by atoms with Crippen LogP contribution in [0.1, 0.15) is 59.8 Å². The van der Waals surface area contributed by atoms with Crippen LogP contribution in [0.25, 0.3) is 0 Å². The average molecular weight is 219 g/mol. The minimum Gasteiger partial charge on any atom is -0.478 e. The van der Waals surface area contributed by atoms with Crippen molar-refractivity contribution in [3.63, 3.8) is 0 Å². The van der Waals surface area contributed by atoms with Crippen LogP contribution in [0.4, 0.5) is 0 Å². The standard InChI is InChI=1S/C13H17NO2/c1-9-7-11(13(15)16)8-12(14-9)10-5-3-2-4-6-10/h7-8,10H,2-6H2,1H3,(H,15,16). The second-order valence-electron chi connectivity index (χ2n) is 4.56. The van der Waals surface area contributed by atoms with Crippen molar-refractivity contribution in [2.75, 3.05) is 0 Å². The predicted octanol–water partition coefficient (Wildman–Crippen LogP) is 3.14. The zero-order valence-electron chi connectivity index (χ0n) is 9.57. The molecule has 3 nitrogen and oxygen atoms in total. The molecule has 0 saturated heterocycles. The third-order valence-electron chi connectivity index (χ3n) is 3.24. The maximum atomic E-state index is 11.0. The van der Waals surface area contributed by atoms with Gasteiger partial charge in [0.05, 0.1) is 5.56 Å². The second kappa shape index (κ2) is 4.64. The molecule has 0 radical (unpaired) electrons. The summed E-state index contributed by atoms with van der Waals surface area (Å²) in [6.07, 6.45) is 6.07. The van der Waals surface area contributed by atoms with E-state index in [-0.39, 0.29) is 0 Å². The van der Waals surface area contributed by atoms with E-state index in [2.05, 4.69) is 4.98 Å². The lowest BCUT2D eigenvalue weighted by molar-refractivity contribution is 0.0696. The second-order valence-corrected chi connectivity index (χ2v) is 4.56. The van der Waals surface area contributed by atoms with E-state index in [4.69, 9.17) is 5.11 Å². The van der Waals surface area contributed by atoms with Crippen LogP contribution in [0, 0.1) is 6.92 Å². The zero-order valence-corrected chi connectivity index (χ0v) is 9.57. The summed E-state index contributed by atoms with van der Waals surface area (Å²) in [4.78, 5) is 15.4. The molecular weight excluding hydrogens is 202 g/mol. The number of nitrogens with zero attached hydrogens (tertiary/aromatic N) is 1. The fourth-order valence-electron chi connectivity index (χ4n) is 2.43. The maximum absolute atomic E-state index is 11.0. The summed E-state index contributed by atoms with van der Waals surface area (Å²) in [5.74, 6) is -0.394. The lowest BCUT2D eigenvalue weighted by Gasteiger charge is -2.21. The fraction of sp³-hybridized carbons (Fsp3) is 0.538. The number of carboxylic acid groups (broad SMARTS) is 1. The molecular formula is C13H17NO2. The first kappa shape index (κ1) is 11.1. The number of aryl methyl sites for hydroxylation is 1. The van der Waals surface area contributed by atoms with Gasteiger partial charge in [0.15, 0.2) is 0 Å². The molecule has 1 aliphatic carbocycles. The van der Waals surface area contributed by atoms with E-state index in [0.717, 1.165) is 24.2 Å². The molecule has 0 aromatic carbocycles. The van der Waals surface area contributed by atoms with Gasteiger partial charge in [-0.2, -0.15) is 0 Å². The quantitative estimate of drug-likeness (QED) is 0.831. The molecule has 1 aromatic heterocycles. The van der Waals surface area contributed by atoms with Crippen LogP contribution in [-0.2, 0) is 0 Å². The van der Waals surface area contributed by atoms with Crippen molar-refractivity contribution in [2.45, 2.75) is 44.9 Å². The van der Waals surface area contributed by atoms with Crippen LogP contribution in [0.5, 0.6) is 0 Å². The van der Waals surface area contributed by atoms with Crippen molar-refractivity contribution in [1.82, 2.24) is 4.98 Å². The molecule has 0 unspecified atom stereocenters. The van der Waals surface area contributed by atoms with Crippen molar-refractivity contribution in [3.05, 3.63) is 29.1 Å². The van der Waals surface area contributed by atoms with Gasteiger partial charge in [0, 0.05) is 17.3 Å². The number of hydrogen-bond acceptors (Lipinski definition) is 2. The summed E-state index contributed by atoms with van der Waals surface area (Å²) in [5.41, 5.74) is 2.14. The molecule has 2 rings (SSSR count). The minimum absolute atomic E-state index is 0.369. The molecule has 0 amide bonds. The number of hydrogen-bond donors (Lipinski definition) is 1. The van der Waals surface area contributed by atoms with E-state index in [1.54, 1.807) is 12.1 Å². The number of carbonyl (C=O) groups is 1. The van der Waals surface area contributed by atoms with Crippen LogP contribution in [-0.4, -0.2) is 16.1 Å². The normalized spacial score (nSPS) is 17.3. The van der Waals surface area contributed by atoms with Gasteiger partial charge in [0.2, 0.25) is 0 Å². The average Bonchev–Trinajstić information content (AvgIpc) is 2.29. The van der Waals surface area contributed by atoms with E-state index in [1.807, 2.05) is 6.92 Å². The van der Waals surface area contributed by atoms with Crippen LogP contribution in [0.3, 0.4) is 0 Å². The fourth-order valence-corrected chi connectivity index (χ4v) is 2.43. The molecule has 1 heterocycles. The highest BCUT2D eigenvalue weighted by molar-refractivity contribution is 5.87. The summed E-state index contributed by atoms with van der Waals surface area (Å²) < 4.78 is 0. The van der Waals surface area contributed by atoms with E-state index < -0.39 is 5.97 Å². The van der Waals surface area contributed by atoms with Crippen molar-refractivity contribution < 1.29 is 9.90 Å². The Morgan fingerprint density at radius 2 is 2.00 bits per heavy atom. The molecule has 0 bridgehead atoms. The number of aromatic carboxylic acids is 1. The Labute approximate surface area is 95.5 Å². The van der Waals surface area contributed by atoms with Gasteiger partial charge in [-0.15, -0.1) is 0 Å². The highest BCUT2D eigenvalue weighted by atomic mass is 16.4. The molecule has 1 fully saturated rings. The first-order chi connectivity index (χ1) is 7.66. The largest absolute Gasteiger partial charge is 0.478 e. The van der Waals surface area contributed by atoms with Gasteiger partial charge < -0.3 is 5.11 Å². The van der Waals surface area contributed by atoms with Crippen LogP contribution < -0.4 is 0 Å². The number of rotatable bonds is 2. The van der Waals surface area contributed by atoms with E-state index >= 15 is 0 Å². The Bertz CT molecular complexity index is 395. The lowest BCUT2D eigenvalue weighted by atomic mass is 9.86. The Hall–Kier alpha value is -1.38. The molecule has 1 N–H and O–H groups in total. The Kier molecular flexibility index (Phi) is 3.22. The van der Waals surface area contributed by atoms with Gasteiger partial charge >= 0.3 is 5.97 Å². The molecule has 0 atom stereocenters. The van der Waals surface area contributed by atoms with Crippen molar-refractivity contribution >= 4 is 5.97 Å². The molecule has 16 heavy (non-hydrogen) atoms. The molecule has 1 aliphatic rings. The highest BCUT2D eigenvalue weighted by Crippen LogP contribution is 2.31. The van der Waals surface area contributed by atoms with Crippen molar-refractivity contribution in [2.24, 2.45) is 0 Å². The monoisotopic (exact) mass is 219 g/mol. The molecule has 86 valence electrons. The van der Waals surface area contributed by atoms with Gasteiger partial charge in [-0.1, -0.05) is 19.3 Å². The van der Waals surface area contributed by atoms with Crippen LogP contribution in [0.15, 0.2) is 12.1 Å². The van der Waals surface area contributed by atoms with Crippen LogP contribution in [0.2, 0.25) is 0 Å². The molecule has 1 aromatic rings. The highest BCUT2D eigenvalue weighted by Gasteiger charge is 2.18. The molecule has 3 heteroatoms. The first-order valence-corrected chi connectivity index (χ1v) is 5.88. The number of pyridine rings is 1. The van der Waals surface area contributed by atoms with E-state index in [1.165, 1.54) is 19.3 Å². The summed E-state index contributed by atoms with van der Waals surface area (Å²) in [6, 6.07) is 3.37. The van der Waals surface area contributed by atoms with Gasteiger partial charge in [-0.05, 0) is 31.9 Å². The third kappa shape index (κ3) is 2.40. The first-order valence-electron chi connectivity index (χ1n) is 5.88. The SMILES string of the molecule is Cc1cc(C(=O)O)cc(C2CCCCC2)n1. The van der Waals surface area contributed by atoms with Crippen LogP contribution >= 0.6 is 0 Å². The van der Waals surface area contributed by atoms with Gasteiger partial charge in [-0.3, -0.25) is 4.98 Å². The molecule has 0 spiro atoms. The Morgan fingerprint density at radius 3 is 2.62 bits per heavy atom. The molecule has 0 aliphatic heterocycles. The minimum atomic E-state index is -0.859. The van der Waals surface area contributed by atoms with Gasteiger partial charge in [0.1, 0.15) is 0 Å². The predicted molar refractivity (Wildman–Crippen MR) is 61.8 cm³/mol. The van der Waals surface area contributed by atoms with Crippen molar-refractivity contribution in [3.8, 4) is 0 Å². The van der Waals surface area contributed by atoms with E-state index in [0.29, 0.717) is 11.5 Å². The summed E-state index contributed by atoms with van der Waals surface area (Å²) in [7, 11) is 0. The molecule has 1 saturated carbocycles. The van der Waals surface area contributed by atoms with Gasteiger partial charge in [0.25, 0.3) is 0 Å². The summed E-state index contributed by atoms with van der Waals surface area (Å²) in [5, 5.41) is 9.00. The lowest BCUT2D eigenvalue weighted by Crippen LogP contribution is -2.09. The zero-order chi connectivity index (χ0) is 11.5. The number of aromatic nitrogens is 1. The Morgan fingerprint density at radius 1 is 1.31 bits per heavy atom. The smallest absolute Gasteiger partial charge is 0.335 e. The van der Waals surface area contributed by atoms with E-state index in [9.17, 15) is 4.79 Å². The maximum Gasteiger partial charge on any atom is 0.335 e. The Balaban J connectivity index is 2.28. The van der Waals surface area contributed by atoms with Gasteiger partial charge in [-0.25, -0.2) is 4.79 Å². The number of carboxylic acids is 1. The van der Waals surface area contributed by atoms with Crippen molar-refractivity contribution in [1.29, 1.82) is 0 Å². The third-order valence-corrected chi connectivity index (χ3v) is 3.24. The summed E-state index contributed by atoms with van der Waals surface area (Å²) in [6.45, 7) is 1.86. The topological polar surface area (TPSA) is 50.2 Å².